The summed E-state index contributed by atoms with van der Waals surface area (Å²) in [6.45, 7) is 0. The van der Waals surface area contributed by atoms with E-state index in [2.05, 4.69) is 0 Å². The van der Waals surface area contributed by atoms with E-state index in [9.17, 15) is 14.7 Å². The summed E-state index contributed by atoms with van der Waals surface area (Å²) in [6, 6.07) is 8.41. The summed E-state index contributed by atoms with van der Waals surface area (Å²) in [7, 11) is 0. The predicted molar refractivity (Wildman–Crippen MR) is 55.0 cm³/mol. The number of rotatable bonds is 5. The number of hydrogen-bond donors (Lipinski definition) is 3. The fraction of sp³-hybridized carbons (Fsp3) is 0.273. The van der Waals surface area contributed by atoms with Gasteiger partial charge in [-0.3, -0.25) is 4.79 Å². The first-order valence-electron chi connectivity index (χ1n) is 4.65. The first-order valence-corrected chi connectivity index (χ1v) is 4.65. The van der Waals surface area contributed by atoms with Crippen LogP contribution in [0.1, 0.15) is 12.0 Å². The molecule has 0 fully saturated rings. The summed E-state index contributed by atoms with van der Waals surface area (Å²) in [6.07, 6.45) is -1.05. The third kappa shape index (κ3) is 3.06. The van der Waals surface area contributed by atoms with Gasteiger partial charge in [-0.1, -0.05) is 30.3 Å². The zero-order valence-corrected chi connectivity index (χ0v) is 8.46. The molecule has 0 radical (unpaired) electrons. The number of carbonyl (C=O) groups is 2. The first kappa shape index (κ1) is 12.2. The molecule has 5 heteroatoms. The van der Waals surface area contributed by atoms with Crippen molar-refractivity contribution < 1.29 is 24.9 Å². The maximum Gasteiger partial charge on any atom is 0.336 e. The quantitative estimate of drug-likeness (QED) is 0.677. The Balaban J connectivity index is 2.87. The minimum absolute atomic E-state index is 0.227. The molecule has 5 nitrogen and oxygen atoms in total. The third-order valence-electron chi connectivity index (χ3n) is 2.18. The van der Waals surface area contributed by atoms with Gasteiger partial charge in [0, 0.05) is 6.42 Å². The Hall–Kier alpha value is -1.88. The third-order valence-corrected chi connectivity index (χ3v) is 2.18. The lowest BCUT2D eigenvalue weighted by atomic mass is 9.91. The van der Waals surface area contributed by atoms with Crippen LogP contribution >= 0.6 is 0 Å². The van der Waals surface area contributed by atoms with Gasteiger partial charge in [0.25, 0.3) is 0 Å². The molecule has 3 N–H and O–H groups in total. The van der Waals surface area contributed by atoms with Gasteiger partial charge in [0.15, 0.2) is 5.60 Å². The van der Waals surface area contributed by atoms with Crippen molar-refractivity contribution in [2.75, 3.05) is 0 Å². The first-order chi connectivity index (χ1) is 7.44. The van der Waals surface area contributed by atoms with Crippen LogP contribution in [0.25, 0.3) is 0 Å². The highest BCUT2D eigenvalue weighted by Crippen LogP contribution is 2.18. The van der Waals surface area contributed by atoms with Gasteiger partial charge in [-0.2, -0.15) is 0 Å². The van der Waals surface area contributed by atoms with Crippen LogP contribution in [0.5, 0.6) is 0 Å². The van der Waals surface area contributed by atoms with Gasteiger partial charge < -0.3 is 15.3 Å². The van der Waals surface area contributed by atoms with E-state index in [0.29, 0.717) is 5.56 Å². The molecule has 0 saturated carbocycles. The summed E-state index contributed by atoms with van der Waals surface area (Å²) < 4.78 is 0. The molecule has 1 unspecified atom stereocenters. The van der Waals surface area contributed by atoms with Gasteiger partial charge in [0.05, 0.1) is 6.42 Å². The summed E-state index contributed by atoms with van der Waals surface area (Å²) in [5.74, 6) is -2.88. The fourth-order valence-electron chi connectivity index (χ4n) is 1.40. The molecule has 0 saturated heterocycles. The molecule has 0 aliphatic carbocycles. The van der Waals surface area contributed by atoms with Crippen LogP contribution in [0.15, 0.2) is 30.3 Å². The van der Waals surface area contributed by atoms with Gasteiger partial charge in [0.1, 0.15) is 0 Å². The maximum absolute atomic E-state index is 10.8. The van der Waals surface area contributed by atoms with Crippen LogP contribution in [-0.2, 0) is 16.0 Å². The number of aliphatic carboxylic acids is 2. The second kappa shape index (κ2) is 4.76. The average Bonchev–Trinajstić information content (AvgIpc) is 2.17. The SMILES string of the molecule is O=C(O)CC(O)(Cc1ccccc1)C(=O)O. The molecule has 0 spiro atoms. The van der Waals surface area contributed by atoms with Crippen LogP contribution in [0.3, 0.4) is 0 Å². The van der Waals surface area contributed by atoms with Crippen LogP contribution in [0.2, 0.25) is 0 Å². The molecule has 16 heavy (non-hydrogen) atoms. The lowest BCUT2D eigenvalue weighted by molar-refractivity contribution is -0.165. The average molecular weight is 224 g/mol. The van der Waals surface area contributed by atoms with E-state index >= 15 is 0 Å². The van der Waals surface area contributed by atoms with E-state index in [4.69, 9.17) is 10.2 Å². The normalized spacial score (nSPS) is 14.1. The zero-order valence-electron chi connectivity index (χ0n) is 8.46. The molecule has 1 rings (SSSR count). The van der Waals surface area contributed by atoms with E-state index in [0.717, 1.165) is 0 Å². The van der Waals surface area contributed by atoms with Crippen molar-refractivity contribution in [2.24, 2.45) is 0 Å². The minimum atomic E-state index is -2.26. The molecule has 1 atom stereocenters. The zero-order chi connectivity index (χ0) is 12.2. The number of benzene rings is 1. The Morgan fingerprint density at radius 2 is 1.69 bits per heavy atom. The van der Waals surface area contributed by atoms with Crippen molar-refractivity contribution in [3.63, 3.8) is 0 Å². The van der Waals surface area contributed by atoms with Crippen LogP contribution in [-0.4, -0.2) is 32.9 Å². The molecule has 0 aromatic heterocycles. The van der Waals surface area contributed by atoms with Crippen molar-refractivity contribution >= 4 is 11.9 Å². The van der Waals surface area contributed by atoms with Gasteiger partial charge in [0.2, 0.25) is 0 Å². The van der Waals surface area contributed by atoms with Gasteiger partial charge in [-0.25, -0.2) is 4.79 Å². The Bertz CT molecular complexity index is 387. The molecule has 0 aliphatic heterocycles. The lowest BCUT2D eigenvalue weighted by Gasteiger charge is -2.21. The minimum Gasteiger partial charge on any atom is -0.481 e. The Morgan fingerprint density at radius 3 is 2.12 bits per heavy atom. The largest absolute Gasteiger partial charge is 0.481 e. The Kier molecular flexibility index (Phi) is 3.63. The Morgan fingerprint density at radius 1 is 1.12 bits per heavy atom. The number of carboxylic acid groups (broad SMARTS) is 2. The molecular formula is C11H12O5. The maximum atomic E-state index is 10.8. The summed E-state index contributed by atoms with van der Waals surface area (Å²) in [5, 5.41) is 27.1. The molecule has 0 amide bonds. The fourth-order valence-corrected chi connectivity index (χ4v) is 1.40. The molecule has 86 valence electrons. The van der Waals surface area contributed by atoms with Crippen LogP contribution in [0.4, 0.5) is 0 Å². The Labute approximate surface area is 92.0 Å². The number of hydrogen-bond acceptors (Lipinski definition) is 3. The lowest BCUT2D eigenvalue weighted by Crippen LogP contribution is -2.42. The molecule has 0 aliphatic rings. The predicted octanol–water partition coefficient (Wildman–Crippen LogP) is 0.519. The van der Waals surface area contributed by atoms with E-state index < -0.39 is 24.0 Å². The standard InChI is InChI=1S/C11H12O5/c12-9(13)7-11(16,10(14)15)6-8-4-2-1-3-5-8/h1-5,16H,6-7H2,(H,12,13)(H,14,15). The van der Waals surface area contributed by atoms with E-state index in [1.54, 1.807) is 30.3 Å². The number of carboxylic acids is 2. The van der Waals surface area contributed by atoms with E-state index in [-0.39, 0.29) is 6.42 Å². The highest BCUT2D eigenvalue weighted by molar-refractivity contribution is 5.84. The van der Waals surface area contributed by atoms with Crippen molar-refractivity contribution in [1.82, 2.24) is 0 Å². The summed E-state index contributed by atoms with van der Waals surface area (Å²) in [5.41, 5.74) is -1.68. The molecule has 0 heterocycles. The molecule has 1 aromatic rings. The molecule has 1 aromatic carbocycles. The highest BCUT2D eigenvalue weighted by Gasteiger charge is 2.38. The van der Waals surface area contributed by atoms with Crippen molar-refractivity contribution in [1.29, 1.82) is 0 Å². The smallest absolute Gasteiger partial charge is 0.336 e. The van der Waals surface area contributed by atoms with Crippen molar-refractivity contribution in [3.8, 4) is 0 Å². The second-order valence-corrected chi connectivity index (χ2v) is 3.57. The van der Waals surface area contributed by atoms with Crippen LogP contribution < -0.4 is 0 Å². The summed E-state index contributed by atoms with van der Waals surface area (Å²) in [4.78, 5) is 21.3. The van der Waals surface area contributed by atoms with E-state index in [1.807, 2.05) is 0 Å². The molecule has 0 bridgehead atoms. The van der Waals surface area contributed by atoms with Crippen molar-refractivity contribution in [3.05, 3.63) is 35.9 Å². The summed E-state index contributed by atoms with van der Waals surface area (Å²) >= 11 is 0. The van der Waals surface area contributed by atoms with Crippen LogP contribution in [0, 0.1) is 0 Å². The van der Waals surface area contributed by atoms with Gasteiger partial charge >= 0.3 is 11.9 Å². The van der Waals surface area contributed by atoms with E-state index in [1.165, 1.54) is 0 Å². The number of aliphatic hydroxyl groups is 1. The monoisotopic (exact) mass is 224 g/mol. The highest BCUT2D eigenvalue weighted by atomic mass is 16.4. The van der Waals surface area contributed by atoms with Crippen molar-refractivity contribution in [2.45, 2.75) is 18.4 Å². The molecular weight excluding hydrogens is 212 g/mol. The van der Waals surface area contributed by atoms with Gasteiger partial charge in [-0.05, 0) is 5.56 Å². The second-order valence-electron chi connectivity index (χ2n) is 3.57. The van der Waals surface area contributed by atoms with Gasteiger partial charge in [-0.15, -0.1) is 0 Å². The topological polar surface area (TPSA) is 94.8 Å².